The predicted molar refractivity (Wildman–Crippen MR) is 175 cm³/mol. The van der Waals surface area contributed by atoms with E-state index in [0.29, 0.717) is 22.3 Å². The first kappa shape index (κ1) is 30.8. The summed E-state index contributed by atoms with van der Waals surface area (Å²) in [5.74, 6) is 0. The van der Waals surface area contributed by atoms with Crippen LogP contribution in [-0.2, 0) is 11.2 Å². The van der Waals surface area contributed by atoms with Gasteiger partial charge in [0.15, 0.2) is 0 Å². The van der Waals surface area contributed by atoms with Gasteiger partial charge in [0.05, 0.1) is 0 Å². The molecule has 3 N–H and O–H groups in total. The molecule has 0 saturated heterocycles. The molecule has 0 fully saturated rings. The van der Waals surface area contributed by atoms with E-state index in [4.69, 9.17) is 0 Å². The van der Waals surface area contributed by atoms with Crippen LogP contribution in [0.25, 0.3) is 0 Å². The lowest BCUT2D eigenvalue weighted by Crippen LogP contribution is -2.44. The van der Waals surface area contributed by atoms with Crippen molar-refractivity contribution in [3.8, 4) is 0 Å². The smallest absolute Gasteiger partial charge is 0.141 e. The van der Waals surface area contributed by atoms with Gasteiger partial charge in [-0.3, -0.25) is 0 Å². The van der Waals surface area contributed by atoms with E-state index in [1.165, 1.54) is 5.57 Å². The summed E-state index contributed by atoms with van der Waals surface area (Å²) in [5, 5.41) is 29.0. The minimum atomic E-state index is -1.46. The highest BCUT2D eigenvalue weighted by Gasteiger charge is 2.51. The van der Waals surface area contributed by atoms with Crippen molar-refractivity contribution in [2.45, 2.75) is 84.0 Å². The molecule has 0 aliphatic heterocycles. The minimum absolute atomic E-state index is 0.0808. The average Bonchev–Trinajstić information content (AvgIpc) is 2.91. The van der Waals surface area contributed by atoms with E-state index < -0.39 is 11.2 Å². The highest BCUT2D eigenvalue weighted by Crippen LogP contribution is 2.54. The normalized spacial score (nSPS) is 21.1. The summed E-state index contributed by atoms with van der Waals surface area (Å²) in [6.07, 6.45) is 8.57. The first-order chi connectivity index (χ1) is 18.8. The molecule has 4 rings (SSSR count). The Morgan fingerprint density at radius 3 is 2.00 bits per heavy atom. The fraction of sp³-hybridized carbons (Fsp3) is 0.371. The molecule has 0 radical (unpaired) electrons. The molecule has 3 aromatic carbocycles. The second-order valence-electron chi connectivity index (χ2n) is 11.9. The van der Waals surface area contributed by atoms with E-state index in [-0.39, 0.29) is 5.54 Å². The minimum Gasteiger partial charge on any atom is -0.380 e. The van der Waals surface area contributed by atoms with Crippen molar-refractivity contribution in [3.63, 3.8) is 0 Å². The monoisotopic (exact) mass is 665 g/mol. The van der Waals surface area contributed by atoms with Gasteiger partial charge in [0.25, 0.3) is 0 Å². The molecule has 40 heavy (non-hydrogen) atoms. The van der Waals surface area contributed by atoms with Crippen molar-refractivity contribution in [2.75, 3.05) is 5.32 Å². The maximum atomic E-state index is 12.8. The molecule has 0 spiro atoms. The molecule has 1 aliphatic carbocycles. The summed E-state index contributed by atoms with van der Waals surface area (Å²) >= 11 is 7.27. The average molecular weight is 668 g/mol. The van der Waals surface area contributed by atoms with Gasteiger partial charge in [-0.1, -0.05) is 94.1 Å². The van der Waals surface area contributed by atoms with Crippen LogP contribution in [-0.4, -0.2) is 15.8 Å². The fourth-order valence-corrected chi connectivity index (χ4v) is 6.38. The van der Waals surface area contributed by atoms with Crippen LogP contribution < -0.4 is 5.32 Å². The molecule has 0 amide bonds. The third kappa shape index (κ3) is 5.90. The SMILES string of the molecule is CCCCC(=CC=C(C)C1(O)c2cc(Br)ccc2C(O)(c2ccc(NC(C)(C)C)cc2)c2cc(Br)ccc21)CC. The maximum Gasteiger partial charge on any atom is 0.141 e. The molecule has 2 unspecified atom stereocenters. The molecule has 0 heterocycles. The zero-order valence-corrected chi connectivity index (χ0v) is 27.6. The second-order valence-corrected chi connectivity index (χ2v) is 13.7. The Labute approximate surface area is 256 Å². The number of fused-ring (bicyclic) bond motifs is 2. The zero-order chi connectivity index (χ0) is 29.3. The predicted octanol–water partition coefficient (Wildman–Crippen LogP) is 9.73. The Balaban J connectivity index is 1.95. The quantitative estimate of drug-likeness (QED) is 0.210. The summed E-state index contributed by atoms with van der Waals surface area (Å²) in [6, 6.07) is 19.6. The van der Waals surface area contributed by atoms with E-state index >= 15 is 0 Å². The number of benzene rings is 3. The van der Waals surface area contributed by atoms with Crippen molar-refractivity contribution >= 4 is 37.5 Å². The van der Waals surface area contributed by atoms with Gasteiger partial charge in [0.1, 0.15) is 11.2 Å². The van der Waals surface area contributed by atoms with Crippen molar-refractivity contribution < 1.29 is 10.2 Å². The van der Waals surface area contributed by atoms with E-state index in [2.05, 4.69) is 83.9 Å². The first-order valence-electron chi connectivity index (χ1n) is 14.2. The van der Waals surface area contributed by atoms with Crippen LogP contribution >= 0.6 is 31.9 Å². The van der Waals surface area contributed by atoms with Gasteiger partial charge in [-0.05, 0) is 106 Å². The Kier molecular flexibility index (Phi) is 9.21. The third-order valence-corrected chi connectivity index (χ3v) is 8.78. The van der Waals surface area contributed by atoms with Crippen LogP contribution in [0.5, 0.6) is 0 Å². The van der Waals surface area contributed by atoms with Gasteiger partial charge in [-0.2, -0.15) is 0 Å². The van der Waals surface area contributed by atoms with E-state index in [1.54, 1.807) is 0 Å². The first-order valence-corrected chi connectivity index (χ1v) is 15.7. The lowest BCUT2D eigenvalue weighted by atomic mass is 9.63. The molecule has 212 valence electrons. The number of unbranched alkanes of at least 4 members (excludes halogenated alkanes) is 1. The molecule has 2 atom stereocenters. The molecular weight excluding hydrogens is 626 g/mol. The van der Waals surface area contributed by atoms with Gasteiger partial charge < -0.3 is 15.5 Å². The van der Waals surface area contributed by atoms with Crippen LogP contribution in [0.15, 0.2) is 92.9 Å². The Hall–Kier alpha value is -2.18. The van der Waals surface area contributed by atoms with Crippen LogP contribution in [0.1, 0.15) is 95.0 Å². The highest BCUT2D eigenvalue weighted by molar-refractivity contribution is 9.10. The number of hydrogen-bond acceptors (Lipinski definition) is 3. The van der Waals surface area contributed by atoms with Crippen molar-refractivity contribution in [2.24, 2.45) is 0 Å². The van der Waals surface area contributed by atoms with E-state index in [9.17, 15) is 10.2 Å². The lowest BCUT2D eigenvalue weighted by molar-refractivity contribution is 0.0723. The largest absolute Gasteiger partial charge is 0.380 e. The molecule has 1 aliphatic rings. The van der Waals surface area contributed by atoms with Gasteiger partial charge >= 0.3 is 0 Å². The van der Waals surface area contributed by atoms with Gasteiger partial charge in [-0.15, -0.1) is 0 Å². The number of rotatable bonds is 8. The molecule has 0 bridgehead atoms. The zero-order valence-electron chi connectivity index (χ0n) is 24.4. The topological polar surface area (TPSA) is 52.5 Å². The van der Waals surface area contributed by atoms with E-state index in [0.717, 1.165) is 51.5 Å². The number of hydrogen-bond donors (Lipinski definition) is 3. The number of allylic oxidation sites excluding steroid dienone is 3. The number of nitrogens with one attached hydrogen (secondary N) is 1. The van der Waals surface area contributed by atoms with Crippen molar-refractivity contribution in [1.82, 2.24) is 0 Å². The standard InChI is InChI=1S/C35H41Br2NO2/c1-7-9-10-24(8-2)12-11-23(3)34(39)29-19-15-27(37)22-32(29)35(40,30-20-16-26(36)21-31(30)34)25-13-17-28(18-14-25)38-33(4,5)6/h11-22,38-40H,7-10H2,1-6H3. The third-order valence-electron chi connectivity index (χ3n) is 7.79. The van der Waals surface area contributed by atoms with Crippen molar-refractivity contribution in [3.05, 3.63) is 121 Å². The Morgan fingerprint density at radius 1 is 0.825 bits per heavy atom. The summed E-state index contributed by atoms with van der Waals surface area (Å²) in [4.78, 5) is 0. The van der Waals surface area contributed by atoms with Crippen molar-refractivity contribution in [1.29, 1.82) is 0 Å². The van der Waals surface area contributed by atoms with Gasteiger partial charge in [0, 0.05) is 31.3 Å². The van der Waals surface area contributed by atoms with Crippen LogP contribution in [0.2, 0.25) is 0 Å². The molecule has 5 heteroatoms. The van der Waals surface area contributed by atoms with Crippen LogP contribution in [0.4, 0.5) is 5.69 Å². The fourth-order valence-electron chi connectivity index (χ4n) is 5.66. The molecule has 3 aromatic rings. The van der Waals surface area contributed by atoms with E-state index in [1.807, 2.05) is 67.6 Å². The molecule has 0 aromatic heterocycles. The number of aliphatic hydroxyl groups is 2. The summed E-state index contributed by atoms with van der Waals surface area (Å²) in [6.45, 7) is 12.7. The molecule has 3 nitrogen and oxygen atoms in total. The van der Waals surface area contributed by atoms with Gasteiger partial charge in [-0.25, -0.2) is 0 Å². The Bertz CT molecular complexity index is 1430. The lowest BCUT2D eigenvalue weighted by Gasteiger charge is -2.45. The maximum absolute atomic E-state index is 12.8. The second kappa shape index (κ2) is 12.0. The Morgan fingerprint density at radius 2 is 1.43 bits per heavy atom. The summed E-state index contributed by atoms with van der Waals surface area (Å²) in [7, 11) is 0. The number of anilines is 1. The highest BCUT2D eigenvalue weighted by atomic mass is 79.9. The molecule has 0 saturated carbocycles. The van der Waals surface area contributed by atoms with Crippen LogP contribution in [0.3, 0.4) is 0 Å². The summed E-state index contributed by atoms with van der Waals surface area (Å²) < 4.78 is 1.69. The number of halogens is 2. The van der Waals surface area contributed by atoms with Gasteiger partial charge in [0.2, 0.25) is 0 Å². The summed E-state index contributed by atoms with van der Waals surface area (Å²) in [5.41, 5.74) is 3.61. The van der Waals surface area contributed by atoms with Crippen LogP contribution in [0, 0.1) is 0 Å². The molecular formula is C35H41Br2NO2.